The summed E-state index contributed by atoms with van der Waals surface area (Å²) in [5, 5.41) is 7.65. The summed E-state index contributed by atoms with van der Waals surface area (Å²) in [4.78, 5) is 0. The van der Waals surface area contributed by atoms with E-state index in [-0.39, 0.29) is 0 Å². The lowest BCUT2D eigenvalue weighted by Gasteiger charge is -2.05. The second-order valence-corrected chi connectivity index (χ2v) is 3.97. The van der Waals surface area contributed by atoms with E-state index in [1.165, 1.54) is 6.07 Å². The molecule has 0 aliphatic heterocycles. The minimum atomic E-state index is -4.32. The first-order valence-electron chi connectivity index (χ1n) is 4.98. The quantitative estimate of drug-likeness (QED) is 0.750. The summed E-state index contributed by atoms with van der Waals surface area (Å²) in [6.45, 7) is 0. The number of aromatic nitrogens is 3. The Labute approximate surface area is 88.9 Å². The molecular formula is C10H8F3N3. The van der Waals surface area contributed by atoms with E-state index in [0.717, 1.165) is 25.0 Å². The molecule has 6 heteroatoms. The van der Waals surface area contributed by atoms with Crippen LogP contribution < -0.4 is 0 Å². The van der Waals surface area contributed by atoms with Crippen LogP contribution in [0.2, 0.25) is 0 Å². The van der Waals surface area contributed by atoms with Gasteiger partial charge in [-0.3, -0.25) is 0 Å². The van der Waals surface area contributed by atoms with Gasteiger partial charge < -0.3 is 0 Å². The van der Waals surface area contributed by atoms with E-state index in [4.69, 9.17) is 0 Å². The van der Waals surface area contributed by atoms with Gasteiger partial charge in [-0.2, -0.15) is 13.2 Å². The molecule has 0 amide bonds. The number of benzene rings is 1. The highest BCUT2D eigenvalue weighted by molar-refractivity contribution is 5.75. The molecule has 1 heterocycles. The molecule has 1 saturated carbocycles. The maximum absolute atomic E-state index is 12.4. The second-order valence-electron chi connectivity index (χ2n) is 3.97. The molecule has 3 nitrogen and oxygen atoms in total. The van der Waals surface area contributed by atoms with Crippen LogP contribution in [-0.2, 0) is 6.18 Å². The molecule has 2 aromatic rings. The fourth-order valence-electron chi connectivity index (χ4n) is 1.71. The Morgan fingerprint density at radius 2 is 2.00 bits per heavy atom. The highest BCUT2D eigenvalue weighted by Crippen LogP contribution is 2.37. The number of hydrogen-bond donors (Lipinski definition) is 0. The van der Waals surface area contributed by atoms with Crippen LogP contribution in [0, 0.1) is 0 Å². The lowest BCUT2D eigenvalue weighted by atomic mass is 10.2. The van der Waals surface area contributed by atoms with Gasteiger partial charge >= 0.3 is 6.18 Å². The first kappa shape index (κ1) is 9.62. The average molecular weight is 227 g/mol. The van der Waals surface area contributed by atoms with Gasteiger partial charge in [0, 0.05) is 0 Å². The van der Waals surface area contributed by atoms with Gasteiger partial charge in [0.2, 0.25) is 0 Å². The summed E-state index contributed by atoms with van der Waals surface area (Å²) in [7, 11) is 0. The van der Waals surface area contributed by atoms with Gasteiger partial charge in [0.1, 0.15) is 5.52 Å². The minimum Gasteiger partial charge on any atom is -0.242 e. The first-order valence-corrected chi connectivity index (χ1v) is 4.98. The molecule has 0 spiro atoms. The van der Waals surface area contributed by atoms with Gasteiger partial charge in [0.25, 0.3) is 0 Å². The van der Waals surface area contributed by atoms with Gasteiger partial charge in [-0.05, 0) is 31.0 Å². The smallest absolute Gasteiger partial charge is 0.242 e. The number of nitrogens with zero attached hydrogens (tertiary/aromatic N) is 3. The molecule has 0 bridgehead atoms. The number of fused-ring (bicyclic) bond motifs is 1. The molecule has 0 unspecified atom stereocenters. The number of hydrogen-bond acceptors (Lipinski definition) is 2. The van der Waals surface area contributed by atoms with E-state index in [0.29, 0.717) is 17.1 Å². The normalized spacial score (nSPS) is 16.9. The number of alkyl halides is 3. The molecule has 3 rings (SSSR count). The monoisotopic (exact) mass is 227 g/mol. The Hall–Kier alpha value is -1.59. The topological polar surface area (TPSA) is 30.7 Å². The molecule has 1 aliphatic rings. The fraction of sp³-hybridized carbons (Fsp3) is 0.400. The van der Waals surface area contributed by atoms with Crippen LogP contribution in [0.4, 0.5) is 13.2 Å². The second kappa shape index (κ2) is 2.96. The summed E-state index contributed by atoms with van der Waals surface area (Å²) in [5.74, 6) is 0. The van der Waals surface area contributed by atoms with Gasteiger partial charge in [0.15, 0.2) is 0 Å². The van der Waals surface area contributed by atoms with E-state index in [1.54, 1.807) is 4.68 Å². The standard InChI is InChI=1S/C10H8F3N3/c11-10(12,13)6-1-4-9-8(5-6)14-15-16(9)7-2-3-7/h1,4-5,7H,2-3H2. The van der Waals surface area contributed by atoms with E-state index in [1.807, 2.05) is 0 Å². The van der Waals surface area contributed by atoms with E-state index in [9.17, 15) is 13.2 Å². The van der Waals surface area contributed by atoms with Crippen LogP contribution in [0.1, 0.15) is 24.4 Å². The minimum absolute atomic E-state index is 0.307. The molecule has 16 heavy (non-hydrogen) atoms. The molecule has 0 radical (unpaired) electrons. The van der Waals surface area contributed by atoms with Crippen molar-refractivity contribution in [3.05, 3.63) is 23.8 Å². The predicted molar refractivity (Wildman–Crippen MR) is 50.8 cm³/mol. The summed E-state index contributed by atoms with van der Waals surface area (Å²) in [6.07, 6.45) is -2.27. The lowest BCUT2D eigenvalue weighted by molar-refractivity contribution is -0.137. The Morgan fingerprint density at radius 1 is 1.25 bits per heavy atom. The molecule has 0 saturated heterocycles. The van der Waals surface area contributed by atoms with Crippen molar-refractivity contribution in [2.24, 2.45) is 0 Å². The van der Waals surface area contributed by atoms with Crippen LogP contribution in [0.3, 0.4) is 0 Å². The molecule has 1 aliphatic carbocycles. The van der Waals surface area contributed by atoms with Crippen molar-refractivity contribution in [3.63, 3.8) is 0 Å². The number of rotatable bonds is 1. The third-order valence-corrected chi connectivity index (χ3v) is 2.69. The molecule has 1 aromatic heterocycles. The lowest BCUT2D eigenvalue weighted by Crippen LogP contribution is -2.04. The molecule has 1 fully saturated rings. The first-order chi connectivity index (χ1) is 7.55. The molecule has 84 valence electrons. The number of halogens is 3. The van der Waals surface area contributed by atoms with Crippen LogP contribution >= 0.6 is 0 Å². The fourth-order valence-corrected chi connectivity index (χ4v) is 1.71. The van der Waals surface area contributed by atoms with Crippen molar-refractivity contribution in [2.45, 2.75) is 25.1 Å². The third kappa shape index (κ3) is 1.45. The van der Waals surface area contributed by atoms with Crippen molar-refractivity contribution >= 4 is 11.0 Å². The van der Waals surface area contributed by atoms with Crippen LogP contribution in [0.15, 0.2) is 18.2 Å². The summed E-state index contributed by atoms with van der Waals surface area (Å²) in [5.41, 5.74) is 0.306. The third-order valence-electron chi connectivity index (χ3n) is 2.69. The molecular weight excluding hydrogens is 219 g/mol. The largest absolute Gasteiger partial charge is 0.416 e. The van der Waals surface area contributed by atoms with E-state index < -0.39 is 11.7 Å². The van der Waals surface area contributed by atoms with Crippen molar-refractivity contribution in [3.8, 4) is 0 Å². The highest BCUT2D eigenvalue weighted by atomic mass is 19.4. The van der Waals surface area contributed by atoms with Crippen LogP contribution in [0.25, 0.3) is 11.0 Å². The van der Waals surface area contributed by atoms with Gasteiger partial charge in [0.05, 0.1) is 17.1 Å². The zero-order chi connectivity index (χ0) is 11.3. The van der Waals surface area contributed by atoms with Crippen LogP contribution in [-0.4, -0.2) is 15.0 Å². The maximum atomic E-state index is 12.4. The summed E-state index contributed by atoms with van der Waals surface area (Å²) in [6, 6.07) is 3.88. The Kier molecular flexibility index (Phi) is 1.78. The Bertz CT molecular complexity index is 540. The van der Waals surface area contributed by atoms with Crippen molar-refractivity contribution in [1.82, 2.24) is 15.0 Å². The van der Waals surface area contributed by atoms with Crippen molar-refractivity contribution < 1.29 is 13.2 Å². The van der Waals surface area contributed by atoms with Gasteiger partial charge in [-0.15, -0.1) is 5.10 Å². The Balaban J connectivity index is 2.13. The predicted octanol–water partition coefficient (Wildman–Crippen LogP) is 2.79. The average Bonchev–Trinajstić information content (AvgIpc) is 2.96. The summed E-state index contributed by atoms with van der Waals surface area (Å²) < 4.78 is 39.0. The van der Waals surface area contributed by atoms with Gasteiger partial charge in [-0.25, -0.2) is 4.68 Å². The summed E-state index contributed by atoms with van der Waals surface area (Å²) >= 11 is 0. The zero-order valence-electron chi connectivity index (χ0n) is 8.20. The molecule has 1 aromatic carbocycles. The molecule has 0 atom stereocenters. The Morgan fingerprint density at radius 3 is 2.62 bits per heavy atom. The molecule has 0 N–H and O–H groups in total. The highest BCUT2D eigenvalue weighted by Gasteiger charge is 2.32. The van der Waals surface area contributed by atoms with Crippen molar-refractivity contribution in [1.29, 1.82) is 0 Å². The van der Waals surface area contributed by atoms with E-state index >= 15 is 0 Å². The van der Waals surface area contributed by atoms with E-state index in [2.05, 4.69) is 10.3 Å². The van der Waals surface area contributed by atoms with Gasteiger partial charge in [-0.1, -0.05) is 5.21 Å². The SMILES string of the molecule is FC(F)(F)c1ccc2c(c1)nnn2C1CC1. The maximum Gasteiger partial charge on any atom is 0.416 e. The van der Waals surface area contributed by atoms with Crippen LogP contribution in [0.5, 0.6) is 0 Å². The zero-order valence-corrected chi connectivity index (χ0v) is 8.20. The van der Waals surface area contributed by atoms with Crippen molar-refractivity contribution in [2.75, 3.05) is 0 Å².